The molecule has 2 heterocycles. The van der Waals surface area contributed by atoms with E-state index in [1.54, 1.807) is 6.33 Å². The second kappa shape index (κ2) is 5.04. The van der Waals surface area contributed by atoms with Crippen LogP contribution in [-0.2, 0) is 17.6 Å². The van der Waals surface area contributed by atoms with E-state index in [0.717, 1.165) is 31.7 Å². The first-order valence-corrected chi connectivity index (χ1v) is 6.94. The first-order valence-electron chi connectivity index (χ1n) is 6.94. The number of aromatic nitrogens is 2. The molecule has 96 valence electrons. The number of ketones is 1. The smallest absolute Gasteiger partial charge is 0.136 e. The van der Waals surface area contributed by atoms with E-state index in [2.05, 4.69) is 14.9 Å². The molecule has 1 aromatic rings. The number of carbonyl (C=O) groups excluding carboxylic acids is 1. The van der Waals surface area contributed by atoms with Gasteiger partial charge < -0.3 is 4.90 Å². The van der Waals surface area contributed by atoms with Crippen molar-refractivity contribution >= 4 is 11.6 Å². The van der Waals surface area contributed by atoms with Crippen LogP contribution in [0.5, 0.6) is 0 Å². The van der Waals surface area contributed by atoms with Gasteiger partial charge in [-0.3, -0.25) is 4.79 Å². The van der Waals surface area contributed by atoms with E-state index in [1.807, 2.05) is 0 Å². The molecule has 0 saturated carbocycles. The van der Waals surface area contributed by atoms with Crippen molar-refractivity contribution in [2.75, 3.05) is 18.0 Å². The lowest BCUT2D eigenvalue weighted by molar-refractivity contribution is -0.119. The summed E-state index contributed by atoms with van der Waals surface area (Å²) in [5.41, 5.74) is 2.57. The lowest BCUT2D eigenvalue weighted by Gasteiger charge is -2.29. The molecular weight excluding hydrogens is 226 g/mol. The molecule has 4 heteroatoms. The molecule has 4 nitrogen and oxygen atoms in total. The van der Waals surface area contributed by atoms with Crippen LogP contribution in [0.25, 0.3) is 0 Å². The number of aryl methyl sites for hydroxylation is 1. The molecule has 1 aliphatic heterocycles. The Morgan fingerprint density at radius 2 is 1.72 bits per heavy atom. The van der Waals surface area contributed by atoms with Gasteiger partial charge in [0.05, 0.1) is 0 Å². The molecule has 1 saturated heterocycles. The Balaban J connectivity index is 1.89. The van der Waals surface area contributed by atoms with Crippen molar-refractivity contribution < 1.29 is 4.79 Å². The average molecular weight is 245 g/mol. The van der Waals surface area contributed by atoms with Crippen LogP contribution in [-0.4, -0.2) is 28.8 Å². The van der Waals surface area contributed by atoms with Gasteiger partial charge in [-0.1, -0.05) is 6.42 Å². The van der Waals surface area contributed by atoms with Crippen LogP contribution >= 0.6 is 0 Å². The number of piperidine rings is 1. The van der Waals surface area contributed by atoms with Crippen LogP contribution in [0.2, 0.25) is 0 Å². The molecule has 0 amide bonds. The first-order chi connectivity index (χ1) is 8.84. The predicted molar refractivity (Wildman–Crippen MR) is 69.7 cm³/mol. The van der Waals surface area contributed by atoms with E-state index in [4.69, 9.17) is 0 Å². The molecule has 0 unspecified atom stereocenters. The minimum atomic E-state index is 0.381. The Kier molecular flexibility index (Phi) is 3.26. The number of fused-ring (bicyclic) bond motifs is 1. The van der Waals surface area contributed by atoms with Gasteiger partial charge in [0.25, 0.3) is 0 Å². The lowest BCUT2D eigenvalue weighted by Crippen LogP contribution is -2.35. The second-order valence-corrected chi connectivity index (χ2v) is 5.21. The van der Waals surface area contributed by atoms with Gasteiger partial charge in [0.1, 0.15) is 17.9 Å². The topological polar surface area (TPSA) is 46.1 Å². The van der Waals surface area contributed by atoms with Gasteiger partial charge in [-0.2, -0.15) is 0 Å². The molecule has 0 aromatic carbocycles. The Morgan fingerprint density at radius 3 is 2.56 bits per heavy atom. The van der Waals surface area contributed by atoms with E-state index < -0.39 is 0 Å². The lowest BCUT2D eigenvalue weighted by atomic mass is 10.1. The SMILES string of the molecule is O=C1CCN(c2ncnc3c2CCCCC3)CC1. The fourth-order valence-corrected chi connectivity index (χ4v) is 2.92. The van der Waals surface area contributed by atoms with E-state index in [1.165, 1.54) is 30.5 Å². The summed E-state index contributed by atoms with van der Waals surface area (Å²) in [5, 5.41) is 0. The second-order valence-electron chi connectivity index (χ2n) is 5.21. The normalized spacial score (nSPS) is 20.4. The van der Waals surface area contributed by atoms with Gasteiger partial charge in [0, 0.05) is 37.2 Å². The number of hydrogen-bond donors (Lipinski definition) is 0. The number of carbonyl (C=O) groups is 1. The van der Waals surface area contributed by atoms with Crippen molar-refractivity contribution in [1.82, 2.24) is 9.97 Å². The molecule has 0 radical (unpaired) electrons. The fraction of sp³-hybridized carbons (Fsp3) is 0.643. The predicted octanol–water partition coefficient (Wildman–Crippen LogP) is 1.91. The molecule has 0 N–H and O–H groups in total. The fourth-order valence-electron chi connectivity index (χ4n) is 2.92. The molecule has 0 spiro atoms. The summed E-state index contributed by atoms with van der Waals surface area (Å²) in [5.74, 6) is 1.47. The maximum Gasteiger partial charge on any atom is 0.136 e. The molecule has 1 aliphatic carbocycles. The Bertz CT molecular complexity index is 448. The maximum absolute atomic E-state index is 11.3. The number of hydrogen-bond acceptors (Lipinski definition) is 4. The zero-order valence-electron chi connectivity index (χ0n) is 10.7. The van der Waals surface area contributed by atoms with Gasteiger partial charge in [0.2, 0.25) is 0 Å². The van der Waals surface area contributed by atoms with Crippen LogP contribution in [0.3, 0.4) is 0 Å². The largest absolute Gasteiger partial charge is 0.355 e. The van der Waals surface area contributed by atoms with E-state index in [9.17, 15) is 4.79 Å². The molecule has 2 aliphatic rings. The zero-order valence-corrected chi connectivity index (χ0v) is 10.7. The van der Waals surface area contributed by atoms with Crippen molar-refractivity contribution in [3.63, 3.8) is 0 Å². The van der Waals surface area contributed by atoms with Crippen LogP contribution in [0.4, 0.5) is 5.82 Å². The maximum atomic E-state index is 11.3. The first kappa shape index (κ1) is 11.6. The monoisotopic (exact) mass is 245 g/mol. The average Bonchev–Trinajstić information content (AvgIpc) is 2.64. The summed E-state index contributed by atoms with van der Waals surface area (Å²) in [6.45, 7) is 1.64. The third-order valence-electron chi connectivity index (χ3n) is 3.97. The Hall–Kier alpha value is -1.45. The summed E-state index contributed by atoms with van der Waals surface area (Å²) < 4.78 is 0. The van der Waals surface area contributed by atoms with Gasteiger partial charge in [-0.15, -0.1) is 0 Å². The van der Waals surface area contributed by atoms with Crippen LogP contribution < -0.4 is 4.90 Å². The van der Waals surface area contributed by atoms with Gasteiger partial charge in [-0.05, 0) is 25.7 Å². The summed E-state index contributed by atoms with van der Waals surface area (Å²) >= 11 is 0. The molecule has 0 bridgehead atoms. The van der Waals surface area contributed by atoms with E-state index >= 15 is 0 Å². The van der Waals surface area contributed by atoms with Gasteiger partial charge in [0.15, 0.2) is 0 Å². The van der Waals surface area contributed by atoms with Crippen molar-refractivity contribution in [2.45, 2.75) is 44.9 Å². The van der Waals surface area contributed by atoms with Crippen molar-refractivity contribution in [1.29, 1.82) is 0 Å². The molecule has 18 heavy (non-hydrogen) atoms. The van der Waals surface area contributed by atoms with Gasteiger partial charge >= 0.3 is 0 Å². The standard InChI is InChI=1S/C14H19N3O/c18-11-6-8-17(9-7-11)14-12-4-2-1-3-5-13(12)15-10-16-14/h10H,1-9H2. The molecule has 3 rings (SSSR count). The van der Waals surface area contributed by atoms with Crippen molar-refractivity contribution in [3.8, 4) is 0 Å². The van der Waals surface area contributed by atoms with Crippen LogP contribution in [0.15, 0.2) is 6.33 Å². The summed E-state index contributed by atoms with van der Waals surface area (Å²) in [4.78, 5) is 22.5. The highest BCUT2D eigenvalue weighted by atomic mass is 16.1. The number of rotatable bonds is 1. The molecule has 1 fully saturated rings. The summed E-state index contributed by atoms with van der Waals surface area (Å²) in [6, 6.07) is 0. The highest BCUT2D eigenvalue weighted by Gasteiger charge is 2.22. The van der Waals surface area contributed by atoms with Crippen LogP contribution in [0, 0.1) is 0 Å². The van der Waals surface area contributed by atoms with Crippen molar-refractivity contribution in [2.24, 2.45) is 0 Å². The Morgan fingerprint density at radius 1 is 0.944 bits per heavy atom. The summed E-state index contributed by atoms with van der Waals surface area (Å²) in [6.07, 6.45) is 8.96. The Labute approximate surface area is 107 Å². The number of Topliss-reactive ketones (excluding diaryl/α,β-unsaturated/α-hetero) is 1. The minimum absolute atomic E-state index is 0.381. The van der Waals surface area contributed by atoms with Crippen molar-refractivity contribution in [3.05, 3.63) is 17.6 Å². The highest BCUT2D eigenvalue weighted by Crippen LogP contribution is 2.27. The van der Waals surface area contributed by atoms with Gasteiger partial charge in [-0.25, -0.2) is 9.97 Å². The van der Waals surface area contributed by atoms with Crippen LogP contribution in [0.1, 0.15) is 43.4 Å². The number of anilines is 1. The highest BCUT2D eigenvalue weighted by molar-refractivity contribution is 5.81. The van der Waals surface area contributed by atoms with E-state index in [-0.39, 0.29) is 0 Å². The third-order valence-corrected chi connectivity index (χ3v) is 3.97. The minimum Gasteiger partial charge on any atom is -0.355 e. The molecule has 1 aromatic heterocycles. The van der Waals surface area contributed by atoms with E-state index in [0.29, 0.717) is 18.6 Å². The quantitative estimate of drug-likeness (QED) is 0.709. The zero-order chi connectivity index (χ0) is 12.4. The molecule has 0 atom stereocenters. The third kappa shape index (κ3) is 2.24. The summed E-state index contributed by atoms with van der Waals surface area (Å²) in [7, 11) is 0. The number of nitrogens with zero attached hydrogens (tertiary/aromatic N) is 3. The molecular formula is C14H19N3O.